The van der Waals surface area contributed by atoms with Gasteiger partial charge in [0.1, 0.15) is 0 Å². The number of imide groups is 1. The van der Waals surface area contributed by atoms with Crippen LogP contribution < -0.4 is 5.73 Å². The van der Waals surface area contributed by atoms with Crippen molar-refractivity contribution in [2.75, 3.05) is 6.54 Å². The number of aromatic nitrogens is 1. The summed E-state index contributed by atoms with van der Waals surface area (Å²) in [5, 5.41) is 0. The van der Waals surface area contributed by atoms with Crippen molar-refractivity contribution in [1.82, 2.24) is 9.88 Å². The Labute approximate surface area is 111 Å². The van der Waals surface area contributed by atoms with E-state index in [0.717, 1.165) is 25.7 Å². The van der Waals surface area contributed by atoms with Crippen molar-refractivity contribution >= 4 is 11.8 Å². The average Bonchev–Trinajstić information content (AvgIpc) is 3.04. The number of pyridine rings is 1. The molecule has 5 heteroatoms. The van der Waals surface area contributed by atoms with Crippen LogP contribution in [0.15, 0.2) is 18.5 Å². The lowest BCUT2D eigenvalue weighted by Crippen LogP contribution is -2.48. The van der Waals surface area contributed by atoms with Crippen molar-refractivity contribution in [2.45, 2.75) is 31.7 Å². The first-order valence-corrected chi connectivity index (χ1v) is 6.76. The van der Waals surface area contributed by atoms with Gasteiger partial charge in [0.2, 0.25) is 0 Å². The molecule has 1 aliphatic carbocycles. The molecule has 2 N–H and O–H groups in total. The molecule has 1 fully saturated rings. The summed E-state index contributed by atoms with van der Waals surface area (Å²) < 4.78 is 0. The summed E-state index contributed by atoms with van der Waals surface area (Å²) in [6, 6.07) is 1.44. The standard InChI is InChI=1S/C14H17N3O2/c15-7-12(9-3-1-2-4-9)17-13(18)10-5-6-16-8-11(10)14(17)19/h5-6,8-9,12H,1-4,7,15H2. The Morgan fingerprint density at radius 3 is 2.58 bits per heavy atom. The molecule has 1 saturated carbocycles. The Balaban J connectivity index is 1.93. The minimum Gasteiger partial charge on any atom is -0.328 e. The second-order valence-corrected chi connectivity index (χ2v) is 5.25. The van der Waals surface area contributed by atoms with Gasteiger partial charge in [-0.1, -0.05) is 12.8 Å². The van der Waals surface area contributed by atoms with Gasteiger partial charge in [-0.3, -0.25) is 19.5 Å². The molecule has 0 saturated heterocycles. The van der Waals surface area contributed by atoms with Gasteiger partial charge in [0.05, 0.1) is 17.2 Å². The van der Waals surface area contributed by atoms with Gasteiger partial charge in [0.25, 0.3) is 11.8 Å². The average molecular weight is 259 g/mol. The molecule has 0 radical (unpaired) electrons. The number of fused-ring (bicyclic) bond motifs is 1. The third-order valence-corrected chi connectivity index (χ3v) is 4.24. The number of rotatable bonds is 3. The van der Waals surface area contributed by atoms with Crippen LogP contribution >= 0.6 is 0 Å². The monoisotopic (exact) mass is 259 g/mol. The first kappa shape index (κ1) is 12.3. The Morgan fingerprint density at radius 1 is 1.26 bits per heavy atom. The number of hydrogen-bond donors (Lipinski definition) is 1. The van der Waals surface area contributed by atoms with E-state index in [-0.39, 0.29) is 17.9 Å². The van der Waals surface area contributed by atoms with Crippen molar-refractivity contribution in [3.8, 4) is 0 Å². The lowest BCUT2D eigenvalue weighted by atomic mass is 9.96. The summed E-state index contributed by atoms with van der Waals surface area (Å²) in [5.41, 5.74) is 6.69. The van der Waals surface area contributed by atoms with E-state index < -0.39 is 0 Å². The highest BCUT2D eigenvalue weighted by atomic mass is 16.2. The first-order chi connectivity index (χ1) is 9.24. The first-order valence-electron chi connectivity index (χ1n) is 6.76. The molecule has 2 amide bonds. The fourth-order valence-electron chi connectivity index (χ4n) is 3.26. The molecular weight excluding hydrogens is 242 g/mol. The van der Waals surface area contributed by atoms with Crippen LogP contribution in [0.4, 0.5) is 0 Å². The minimum atomic E-state index is -0.240. The van der Waals surface area contributed by atoms with Crippen LogP contribution in [0.1, 0.15) is 46.4 Å². The van der Waals surface area contributed by atoms with Gasteiger partial charge >= 0.3 is 0 Å². The van der Waals surface area contributed by atoms with Gasteiger partial charge in [0, 0.05) is 18.9 Å². The van der Waals surface area contributed by atoms with E-state index >= 15 is 0 Å². The molecule has 0 spiro atoms. The normalized spacial score (nSPS) is 21.0. The lowest BCUT2D eigenvalue weighted by molar-refractivity contribution is 0.0535. The van der Waals surface area contributed by atoms with Crippen LogP contribution in [-0.2, 0) is 0 Å². The zero-order chi connectivity index (χ0) is 13.4. The number of nitrogens with zero attached hydrogens (tertiary/aromatic N) is 2. The van der Waals surface area contributed by atoms with Gasteiger partial charge < -0.3 is 5.73 Å². The highest BCUT2D eigenvalue weighted by Gasteiger charge is 2.42. The third-order valence-electron chi connectivity index (χ3n) is 4.24. The molecule has 1 atom stereocenters. The molecule has 19 heavy (non-hydrogen) atoms. The van der Waals surface area contributed by atoms with Crippen LogP contribution in [0.3, 0.4) is 0 Å². The van der Waals surface area contributed by atoms with Gasteiger partial charge in [0.15, 0.2) is 0 Å². The molecular formula is C14H17N3O2. The molecule has 3 rings (SSSR count). The largest absolute Gasteiger partial charge is 0.328 e. The molecule has 5 nitrogen and oxygen atoms in total. The van der Waals surface area contributed by atoms with Gasteiger partial charge in [-0.2, -0.15) is 0 Å². The molecule has 0 aromatic carbocycles. The van der Waals surface area contributed by atoms with Gasteiger partial charge in [-0.15, -0.1) is 0 Å². The smallest absolute Gasteiger partial charge is 0.263 e. The summed E-state index contributed by atoms with van der Waals surface area (Å²) in [4.78, 5) is 30.1. The summed E-state index contributed by atoms with van der Waals surface area (Å²) in [7, 11) is 0. The van der Waals surface area contributed by atoms with Crippen LogP contribution in [0.5, 0.6) is 0 Å². The van der Waals surface area contributed by atoms with E-state index in [2.05, 4.69) is 4.98 Å². The van der Waals surface area contributed by atoms with E-state index in [1.54, 1.807) is 12.3 Å². The number of nitrogens with two attached hydrogens (primary N) is 1. The summed E-state index contributed by atoms with van der Waals surface area (Å²) in [6.45, 7) is 0.337. The Morgan fingerprint density at radius 2 is 1.95 bits per heavy atom. The Kier molecular flexibility index (Phi) is 3.06. The lowest BCUT2D eigenvalue weighted by Gasteiger charge is -2.29. The topological polar surface area (TPSA) is 76.3 Å². The Hall–Kier alpha value is -1.75. The molecule has 0 bridgehead atoms. The maximum Gasteiger partial charge on any atom is 0.263 e. The fourth-order valence-corrected chi connectivity index (χ4v) is 3.26. The van der Waals surface area contributed by atoms with Gasteiger partial charge in [-0.25, -0.2) is 0 Å². The van der Waals surface area contributed by atoms with E-state index in [1.165, 1.54) is 11.1 Å². The van der Waals surface area contributed by atoms with Crippen LogP contribution in [0, 0.1) is 5.92 Å². The zero-order valence-corrected chi connectivity index (χ0v) is 10.7. The molecule has 1 aromatic rings. The number of hydrogen-bond acceptors (Lipinski definition) is 4. The summed E-state index contributed by atoms with van der Waals surface area (Å²) in [5.74, 6) is -0.111. The summed E-state index contributed by atoms with van der Waals surface area (Å²) >= 11 is 0. The third kappa shape index (κ3) is 1.85. The molecule has 1 aromatic heterocycles. The van der Waals surface area contributed by atoms with Crippen molar-refractivity contribution in [3.05, 3.63) is 29.6 Å². The van der Waals surface area contributed by atoms with E-state index in [1.807, 2.05) is 0 Å². The van der Waals surface area contributed by atoms with Crippen molar-refractivity contribution < 1.29 is 9.59 Å². The van der Waals surface area contributed by atoms with E-state index in [4.69, 9.17) is 5.73 Å². The second kappa shape index (κ2) is 4.74. The number of carbonyl (C=O) groups excluding carboxylic acids is 2. The zero-order valence-electron chi connectivity index (χ0n) is 10.7. The van der Waals surface area contributed by atoms with E-state index in [0.29, 0.717) is 23.6 Å². The summed E-state index contributed by atoms with van der Waals surface area (Å²) in [6.07, 6.45) is 7.43. The molecule has 1 unspecified atom stereocenters. The molecule has 2 aliphatic rings. The van der Waals surface area contributed by atoms with E-state index in [9.17, 15) is 9.59 Å². The maximum absolute atomic E-state index is 12.4. The fraction of sp³-hybridized carbons (Fsp3) is 0.500. The maximum atomic E-state index is 12.4. The number of amides is 2. The van der Waals surface area contributed by atoms with Crippen molar-refractivity contribution in [2.24, 2.45) is 11.7 Å². The van der Waals surface area contributed by atoms with Crippen LogP contribution in [-0.4, -0.2) is 34.3 Å². The predicted molar refractivity (Wildman–Crippen MR) is 69.5 cm³/mol. The Bertz CT molecular complexity index is 488. The number of carbonyl (C=O) groups is 2. The SMILES string of the molecule is NCC(C1CCCC1)N1C(=O)c2ccncc2C1=O. The molecule has 1 aliphatic heterocycles. The van der Waals surface area contributed by atoms with Crippen molar-refractivity contribution in [3.63, 3.8) is 0 Å². The minimum absolute atomic E-state index is 0.171. The van der Waals surface area contributed by atoms with Crippen LogP contribution in [0.25, 0.3) is 0 Å². The molecule has 100 valence electrons. The van der Waals surface area contributed by atoms with Crippen LogP contribution in [0.2, 0.25) is 0 Å². The highest BCUT2D eigenvalue weighted by Crippen LogP contribution is 2.33. The highest BCUT2D eigenvalue weighted by molar-refractivity contribution is 6.21. The second-order valence-electron chi connectivity index (χ2n) is 5.25. The predicted octanol–water partition coefficient (Wildman–Crippen LogP) is 1.20. The van der Waals surface area contributed by atoms with Crippen molar-refractivity contribution in [1.29, 1.82) is 0 Å². The molecule has 2 heterocycles. The quantitative estimate of drug-likeness (QED) is 0.827. The van der Waals surface area contributed by atoms with Gasteiger partial charge in [-0.05, 0) is 24.8 Å².